The Bertz CT molecular complexity index is 876. The fraction of sp³-hybridized carbons (Fsp3) is 0.458. The highest BCUT2D eigenvalue weighted by Gasteiger charge is 2.51. The van der Waals surface area contributed by atoms with Gasteiger partial charge in [0.15, 0.2) is 6.04 Å². The minimum atomic E-state index is -3.37. The van der Waals surface area contributed by atoms with Crippen LogP contribution in [0.5, 0.6) is 11.5 Å². The number of amides is 1. The lowest BCUT2D eigenvalue weighted by Gasteiger charge is -2.41. The molecule has 2 aromatic carbocycles. The van der Waals surface area contributed by atoms with Crippen LogP contribution in [0.2, 0.25) is 0 Å². The number of benzene rings is 2. The van der Waals surface area contributed by atoms with Gasteiger partial charge in [-0.3, -0.25) is 4.79 Å². The number of nitrogens with one attached hydrogen (secondary N) is 1. The van der Waals surface area contributed by atoms with Gasteiger partial charge >= 0.3 is 0 Å². The largest absolute Gasteiger partial charge is 0.457 e. The summed E-state index contributed by atoms with van der Waals surface area (Å²) >= 11 is 0. The van der Waals surface area contributed by atoms with Crippen LogP contribution in [0.25, 0.3) is 0 Å². The number of ether oxygens (including phenoxy) is 1. The Morgan fingerprint density at radius 3 is 2.33 bits per heavy atom. The topological polar surface area (TPSA) is 41.6 Å². The third-order valence-electron chi connectivity index (χ3n) is 6.32. The van der Waals surface area contributed by atoms with Gasteiger partial charge in [0, 0.05) is 17.6 Å². The number of hydrogen-bond acceptors (Lipinski definition) is 3. The Morgan fingerprint density at radius 2 is 1.70 bits per heavy atom. The zero-order chi connectivity index (χ0) is 21.3. The van der Waals surface area contributed by atoms with E-state index in [-0.39, 0.29) is 17.6 Å². The van der Waals surface area contributed by atoms with E-state index in [1.807, 2.05) is 18.2 Å². The van der Waals surface area contributed by atoms with Gasteiger partial charge in [0.2, 0.25) is 5.91 Å². The van der Waals surface area contributed by atoms with Crippen molar-refractivity contribution in [3.63, 3.8) is 0 Å². The van der Waals surface area contributed by atoms with E-state index in [0.29, 0.717) is 17.4 Å². The Labute approximate surface area is 176 Å². The van der Waals surface area contributed by atoms with E-state index >= 15 is 8.78 Å². The van der Waals surface area contributed by atoms with E-state index < -0.39 is 17.9 Å². The molecule has 0 saturated carbocycles. The zero-order valence-corrected chi connectivity index (χ0v) is 17.4. The first-order valence-electron chi connectivity index (χ1n) is 10.6. The molecule has 3 atom stereocenters. The van der Waals surface area contributed by atoms with Gasteiger partial charge in [-0.2, -0.15) is 8.78 Å². The number of para-hydroxylation sites is 1. The Hall–Kier alpha value is -2.47. The molecule has 2 aliphatic rings. The average Bonchev–Trinajstić information content (AvgIpc) is 3.00. The number of hydrogen-bond donors (Lipinski definition) is 1. The minimum Gasteiger partial charge on any atom is -0.457 e. The first kappa shape index (κ1) is 20.8. The summed E-state index contributed by atoms with van der Waals surface area (Å²) in [5, 5.41) is 2.61. The van der Waals surface area contributed by atoms with Gasteiger partial charge in [0.1, 0.15) is 11.5 Å². The number of likely N-dealkylation sites (N-methyl/N-ethyl adjacent to an activating group) is 1. The van der Waals surface area contributed by atoms with E-state index in [4.69, 9.17) is 4.74 Å². The maximum atomic E-state index is 15.5. The van der Waals surface area contributed by atoms with Gasteiger partial charge in [0.05, 0.1) is 0 Å². The van der Waals surface area contributed by atoms with Crippen molar-refractivity contribution in [3.05, 3.63) is 60.2 Å². The summed E-state index contributed by atoms with van der Waals surface area (Å²) in [5.41, 5.74) is -0.235. The predicted octanol–water partition coefficient (Wildman–Crippen LogP) is 4.95. The highest BCUT2D eigenvalue weighted by atomic mass is 19.3. The van der Waals surface area contributed by atoms with Gasteiger partial charge in [-0.1, -0.05) is 37.3 Å². The fourth-order valence-electron chi connectivity index (χ4n) is 4.98. The lowest BCUT2D eigenvalue weighted by Crippen LogP contribution is -2.58. The Morgan fingerprint density at radius 1 is 1.07 bits per heavy atom. The fourth-order valence-corrected chi connectivity index (χ4v) is 4.98. The summed E-state index contributed by atoms with van der Waals surface area (Å²) in [5.74, 6) is -2.46. The number of alkyl halides is 2. The van der Waals surface area contributed by atoms with E-state index in [9.17, 15) is 4.79 Å². The molecule has 30 heavy (non-hydrogen) atoms. The summed E-state index contributed by atoms with van der Waals surface area (Å²) in [6, 6.07) is 13.4. The lowest BCUT2D eigenvalue weighted by molar-refractivity contribution is -0.150. The van der Waals surface area contributed by atoms with Gasteiger partial charge in [0.25, 0.3) is 5.92 Å². The van der Waals surface area contributed by atoms with Crippen LogP contribution in [0.3, 0.4) is 0 Å². The molecule has 0 aromatic heterocycles. The van der Waals surface area contributed by atoms with E-state index in [2.05, 4.69) is 12.2 Å². The molecule has 0 spiro atoms. The van der Waals surface area contributed by atoms with Crippen molar-refractivity contribution in [1.82, 2.24) is 10.2 Å². The molecule has 2 bridgehead atoms. The molecular weight excluding hydrogens is 386 g/mol. The molecule has 1 amide bonds. The predicted molar refractivity (Wildman–Crippen MR) is 112 cm³/mol. The smallest absolute Gasteiger partial charge is 0.297 e. The molecule has 2 heterocycles. The summed E-state index contributed by atoms with van der Waals surface area (Å²) in [6.45, 7) is 2.18. The van der Waals surface area contributed by atoms with Crippen LogP contribution >= 0.6 is 0 Å². The lowest BCUT2D eigenvalue weighted by atomic mass is 9.90. The van der Waals surface area contributed by atoms with E-state index in [0.717, 1.165) is 25.7 Å². The van der Waals surface area contributed by atoms with Crippen LogP contribution in [0.1, 0.15) is 38.2 Å². The Kier molecular flexibility index (Phi) is 5.78. The molecule has 3 unspecified atom stereocenters. The van der Waals surface area contributed by atoms with E-state index in [1.54, 1.807) is 23.1 Å². The standard InChI is InChI=1S/C24H28F2N2O2/c1-16-13-18-11-12-19(14-16)28(18)23(29)22(27-2)24(25,26)17-7-6-10-21(15-17)30-20-8-4-3-5-9-20/h3-10,15-16,18-19,22,27H,11-14H2,1-2H3. The summed E-state index contributed by atoms with van der Waals surface area (Å²) in [7, 11) is 1.43. The van der Waals surface area contributed by atoms with Gasteiger partial charge in [-0.25, -0.2) is 0 Å². The van der Waals surface area contributed by atoms with Gasteiger partial charge in [-0.15, -0.1) is 0 Å². The van der Waals surface area contributed by atoms with Crippen molar-refractivity contribution in [1.29, 1.82) is 0 Å². The highest BCUT2D eigenvalue weighted by Crippen LogP contribution is 2.41. The molecule has 2 fully saturated rings. The highest BCUT2D eigenvalue weighted by molar-refractivity contribution is 5.84. The molecule has 4 nitrogen and oxygen atoms in total. The number of carbonyl (C=O) groups excluding carboxylic acids is 1. The van der Waals surface area contributed by atoms with Crippen LogP contribution in [0, 0.1) is 5.92 Å². The molecule has 2 saturated heterocycles. The molecule has 160 valence electrons. The molecule has 0 aliphatic carbocycles. The third-order valence-corrected chi connectivity index (χ3v) is 6.32. The van der Waals surface area contributed by atoms with Crippen molar-refractivity contribution in [2.45, 2.75) is 56.7 Å². The number of halogens is 2. The van der Waals surface area contributed by atoms with Crippen LogP contribution in [0.4, 0.5) is 8.78 Å². The second kappa shape index (κ2) is 8.34. The second-order valence-electron chi connectivity index (χ2n) is 8.49. The molecular formula is C24H28F2N2O2. The molecule has 0 radical (unpaired) electrons. The molecule has 1 N–H and O–H groups in total. The van der Waals surface area contributed by atoms with Crippen molar-refractivity contribution < 1.29 is 18.3 Å². The van der Waals surface area contributed by atoms with Crippen LogP contribution in [-0.4, -0.2) is 36.0 Å². The first-order valence-corrected chi connectivity index (χ1v) is 10.6. The minimum absolute atomic E-state index is 0.0747. The number of fused-ring (bicyclic) bond motifs is 2. The average molecular weight is 414 g/mol. The number of piperidine rings is 1. The first-order chi connectivity index (χ1) is 14.4. The van der Waals surface area contributed by atoms with Crippen molar-refractivity contribution in [2.75, 3.05) is 7.05 Å². The van der Waals surface area contributed by atoms with E-state index in [1.165, 1.54) is 25.2 Å². The summed E-state index contributed by atoms with van der Waals surface area (Å²) in [6.07, 6.45) is 3.60. The summed E-state index contributed by atoms with van der Waals surface area (Å²) in [4.78, 5) is 15.0. The monoisotopic (exact) mass is 414 g/mol. The van der Waals surface area contributed by atoms with Crippen LogP contribution < -0.4 is 10.1 Å². The van der Waals surface area contributed by atoms with Crippen LogP contribution in [-0.2, 0) is 10.7 Å². The van der Waals surface area contributed by atoms with Crippen molar-refractivity contribution in [2.24, 2.45) is 5.92 Å². The van der Waals surface area contributed by atoms with Gasteiger partial charge < -0.3 is 15.0 Å². The van der Waals surface area contributed by atoms with Gasteiger partial charge in [-0.05, 0) is 62.9 Å². The van der Waals surface area contributed by atoms with Crippen LogP contribution in [0.15, 0.2) is 54.6 Å². The Balaban J connectivity index is 1.57. The number of nitrogens with zero attached hydrogens (tertiary/aromatic N) is 1. The van der Waals surface area contributed by atoms with Crippen molar-refractivity contribution in [3.8, 4) is 11.5 Å². The maximum Gasteiger partial charge on any atom is 0.297 e. The quantitative estimate of drug-likeness (QED) is 0.727. The number of carbonyl (C=O) groups is 1. The molecule has 4 rings (SSSR count). The van der Waals surface area contributed by atoms with Crippen molar-refractivity contribution >= 4 is 5.91 Å². The molecule has 6 heteroatoms. The third kappa shape index (κ3) is 3.93. The molecule has 2 aliphatic heterocycles. The molecule has 2 aromatic rings. The normalized spacial score (nSPS) is 24.5. The maximum absolute atomic E-state index is 15.5. The number of rotatable bonds is 6. The zero-order valence-electron chi connectivity index (χ0n) is 17.4. The SMILES string of the molecule is CNC(C(=O)N1C2CCC1CC(C)C2)C(F)(F)c1cccc(Oc2ccccc2)c1. The second-order valence-corrected chi connectivity index (χ2v) is 8.49. The summed E-state index contributed by atoms with van der Waals surface area (Å²) < 4.78 is 36.8.